The maximum Gasteiger partial charge on any atom is 0.225 e. The highest BCUT2D eigenvalue weighted by Gasteiger charge is 2.19. The third kappa shape index (κ3) is 2.70. The summed E-state index contributed by atoms with van der Waals surface area (Å²) in [7, 11) is 0. The van der Waals surface area contributed by atoms with Gasteiger partial charge in [0.2, 0.25) is 5.96 Å². The lowest BCUT2D eigenvalue weighted by molar-refractivity contribution is 0.354. The Morgan fingerprint density at radius 3 is 2.69 bits per heavy atom. The minimum Gasteiger partial charge on any atom is -0.338 e. The summed E-state index contributed by atoms with van der Waals surface area (Å²) >= 11 is 0. The Hall–Kier alpha value is -1.16. The normalized spacial score (nSPS) is 24.8. The van der Waals surface area contributed by atoms with Crippen molar-refractivity contribution in [2.45, 2.75) is 20.8 Å². The molecule has 4 nitrogen and oxygen atoms in total. The molecule has 2 aliphatic heterocycles. The first-order valence-corrected chi connectivity index (χ1v) is 5.86. The number of hydrogen-bond acceptors (Lipinski definition) is 4. The van der Waals surface area contributed by atoms with Crippen molar-refractivity contribution in [3.63, 3.8) is 0 Å². The fourth-order valence-corrected chi connectivity index (χ4v) is 2.04. The van der Waals surface area contributed by atoms with Gasteiger partial charge in [-0.25, -0.2) is 9.98 Å². The van der Waals surface area contributed by atoms with Crippen LogP contribution in [-0.4, -0.2) is 43.3 Å². The molecule has 0 aromatic heterocycles. The second-order valence-corrected chi connectivity index (χ2v) is 5.01. The molecule has 1 fully saturated rings. The summed E-state index contributed by atoms with van der Waals surface area (Å²) < 4.78 is 0. The van der Waals surface area contributed by atoms with Crippen LogP contribution in [-0.2, 0) is 0 Å². The van der Waals surface area contributed by atoms with E-state index in [4.69, 9.17) is 0 Å². The molecule has 0 aliphatic carbocycles. The van der Waals surface area contributed by atoms with E-state index >= 15 is 0 Å². The van der Waals surface area contributed by atoms with Gasteiger partial charge in [-0.3, -0.25) is 0 Å². The quantitative estimate of drug-likeness (QED) is 0.667. The predicted molar refractivity (Wildman–Crippen MR) is 67.9 cm³/mol. The van der Waals surface area contributed by atoms with Crippen LogP contribution in [0.5, 0.6) is 0 Å². The van der Waals surface area contributed by atoms with Gasteiger partial charge in [0.1, 0.15) is 0 Å². The van der Waals surface area contributed by atoms with E-state index in [9.17, 15) is 0 Å². The number of nitrogens with one attached hydrogen (secondary N) is 1. The van der Waals surface area contributed by atoms with Crippen molar-refractivity contribution in [3.8, 4) is 0 Å². The van der Waals surface area contributed by atoms with Gasteiger partial charge in [-0.1, -0.05) is 19.9 Å². The molecule has 0 unspecified atom stereocenters. The third-order valence-corrected chi connectivity index (χ3v) is 2.77. The molecule has 0 amide bonds. The van der Waals surface area contributed by atoms with Crippen molar-refractivity contribution in [1.29, 1.82) is 0 Å². The van der Waals surface area contributed by atoms with Gasteiger partial charge >= 0.3 is 0 Å². The molecular weight excluding hydrogens is 200 g/mol. The van der Waals surface area contributed by atoms with Crippen molar-refractivity contribution in [2.24, 2.45) is 15.4 Å². The first-order valence-electron chi connectivity index (χ1n) is 5.86. The number of nitrogens with zero attached hydrogens (tertiary/aromatic N) is 3. The van der Waals surface area contributed by atoms with E-state index in [0.717, 1.165) is 37.8 Å². The topological polar surface area (TPSA) is 40.0 Å². The molecule has 0 radical (unpaired) electrons. The van der Waals surface area contributed by atoms with Crippen LogP contribution in [0.25, 0.3) is 0 Å². The maximum atomic E-state index is 4.57. The lowest BCUT2D eigenvalue weighted by atomic mass is 9.94. The van der Waals surface area contributed by atoms with E-state index in [1.54, 1.807) is 0 Å². The van der Waals surface area contributed by atoms with Gasteiger partial charge in [0.05, 0.1) is 0 Å². The zero-order valence-electron chi connectivity index (χ0n) is 10.3. The Kier molecular flexibility index (Phi) is 3.10. The molecule has 2 aliphatic rings. The minimum atomic E-state index is 0.00334. The van der Waals surface area contributed by atoms with E-state index in [1.807, 2.05) is 13.1 Å². The summed E-state index contributed by atoms with van der Waals surface area (Å²) in [6.45, 7) is 10.3. The van der Waals surface area contributed by atoms with Crippen molar-refractivity contribution in [1.82, 2.24) is 10.2 Å². The molecule has 0 saturated carbocycles. The highest BCUT2D eigenvalue weighted by Crippen LogP contribution is 2.20. The summed E-state index contributed by atoms with van der Waals surface area (Å²) in [5.41, 5.74) is 1.06. The fourth-order valence-electron chi connectivity index (χ4n) is 2.04. The highest BCUT2D eigenvalue weighted by atomic mass is 15.3. The summed E-state index contributed by atoms with van der Waals surface area (Å²) in [5, 5.41) is 3.33. The summed E-state index contributed by atoms with van der Waals surface area (Å²) in [5.74, 6) is 0.862. The Balaban J connectivity index is 2.19. The smallest absolute Gasteiger partial charge is 0.225 e. The van der Waals surface area contributed by atoms with Crippen molar-refractivity contribution in [3.05, 3.63) is 11.8 Å². The van der Waals surface area contributed by atoms with Gasteiger partial charge in [-0.2, -0.15) is 0 Å². The van der Waals surface area contributed by atoms with Gasteiger partial charge in [-0.05, 0) is 6.92 Å². The number of rotatable bonds is 0. The van der Waals surface area contributed by atoms with E-state index in [2.05, 4.69) is 40.1 Å². The summed E-state index contributed by atoms with van der Waals surface area (Å²) in [6.07, 6.45) is 4.15. The van der Waals surface area contributed by atoms with E-state index in [1.165, 1.54) is 0 Å². The molecule has 0 aromatic carbocycles. The number of guanidine groups is 1. The molecule has 0 atom stereocenters. The molecular formula is C12H20N4. The lowest BCUT2D eigenvalue weighted by Gasteiger charge is -2.28. The van der Waals surface area contributed by atoms with Crippen LogP contribution in [0.3, 0.4) is 0 Å². The fraction of sp³-hybridized carbons (Fsp3) is 0.667. The number of allylic oxidation sites excluding steroid dienone is 2. The molecule has 2 rings (SSSR count). The number of aliphatic imine (C=N–C) groups is 2. The molecule has 2 heterocycles. The van der Waals surface area contributed by atoms with Gasteiger partial charge in [0, 0.05) is 43.5 Å². The average Bonchev–Trinajstić information content (AvgIpc) is 2.37. The monoisotopic (exact) mass is 220 g/mol. The molecule has 16 heavy (non-hydrogen) atoms. The molecule has 0 bridgehead atoms. The third-order valence-electron chi connectivity index (χ3n) is 2.77. The number of piperazine rings is 1. The Bertz CT molecular complexity index is 346. The number of hydrogen-bond donors (Lipinski definition) is 1. The molecule has 4 heteroatoms. The Morgan fingerprint density at radius 2 is 2.00 bits per heavy atom. The van der Waals surface area contributed by atoms with Crippen LogP contribution in [0.15, 0.2) is 21.8 Å². The van der Waals surface area contributed by atoms with Crippen molar-refractivity contribution in [2.75, 3.05) is 26.2 Å². The van der Waals surface area contributed by atoms with Gasteiger partial charge < -0.3 is 10.2 Å². The first-order chi connectivity index (χ1) is 7.57. The second kappa shape index (κ2) is 4.37. The van der Waals surface area contributed by atoms with Gasteiger partial charge in [0.25, 0.3) is 0 Å². The van der Waals surface area contributed by atoms with Crippen molar-refractivity contribution < 1.29 is 0 Å². The molecule has 1 saturated heterocycles. The SMILES string of the molecule is CC1=CC(C)(C)C=NC(N2CCNCC2)=N1. The van der Waals surface area contributed by atoms with E-state index < -0.39 is 0 Å². The molecule has 1 N–H and O–H groups in total. The second-order valence-electron chi connectivity index (χ2n) is 5.01. The van der Waals surface area contributed by atoms with Crippen LogP contribution in [0, 0.1) is 5.41 Å². The Labute approximate surface area is 97.2 Å². The van der Waals surface area contributed by atoms with Crippen LogP contribution in [0.2, 0.25) is 0 Å². The van der Waals surface area contributed by atoms with Gasteiger partial charge in [-0.15, -0.1) is 0 Å². The zero-order chi connectivity index (χ0) is 11.6. The first kappa shape index (κ1) is 11.3. The summed E-state index contributed by atoms with van der Waals surface area (Å²) in [4.78, 5) is 11.3. The molecule has 0 spiro atoms. The molecule has 88 valence electrons. The van der Waals surface area contributed by atoms with Crippen LogP contribution in [0.4, 0.5) is 0 Å². The van der Waals surface area contributed by atoms with Crippen LogP contribution >= 0.6 is 0 Å². The zero-order valence-corrected chi connectivity index (χ0v) is 10.3. The van der Waals surface area contributed by atoms with E-state index in [-0.39, 0.29) is 5.41 Å². The van der Waals surface area contributed by atoms with E-state index in [0.29, 0.717) is 0 Å². The lowest BCUT2D eigenvalue weighted by Crippen LogP contribution is -2.46. The standard InChI is InChI=1S/C12H20N4/c1-10-8-12(2,3)9-14-11(15-10)16-6-4-13-5-7-16/h8-9,13H,4-7H2,1-3H3. The highest BCUT2D eigenvalue weighted by molar-refractivity contribution is 5.91. The van der Waals surface area contributed by atoms with Crippen LogP contribution < -0.4 is 5.32 Å². The van der Waals surface area contributed by atoms with Gasteiger partial charge in [0.15, 0.2) is 0 Å². The Morgan fingerprint density at radius 1 is 1.31 bits per heavy atom. The predicted octanol–water partition coefficient (Wildman–Crippen LogP) is 1.26. The maximum absolute atomic E-state index is 4.57. The molecule has 0 aromatic rings. The minimum absolute atomic E-state index is 0.00334. The average molecular weight is 220 g/mol. The van der Waals surface area contributed by atoms with Crippen LogP contribution in [0.1, 0.15) is 20.8 Å². The summed E-state index contributed by atoms with van der Waals surface area (Å²) in [6, 6.07) is 0. The van der Waals surface area contributed by atoms with Crippen molar-refractivity contribution >= 4 is 12.2 Å². The largest absolute Gasteiger partial charge is 0.338 e.